The van der Waals surface area contributed by atoms with Crippen LogP contribution >= 0.6 is 0 Å². The molecule has 1 amide bonds. The van der Waals surface area contributed by atoms with Crippen molar-refractivity contribution in [1.82, 2.24) is 4.90 Å². The van der Waals surface area contributed by atoms with E-state index in [2.05, 4.69) is 25.7 Å². The smallest absolute Gasteiger partial charge is 0.222 e. The number of likely N-dealkylation sites (tertiary alicyclic amines) is 1. The molecule has 1 aliphatic heterocycles. The summed E-state index contributed by atoms with van der Waals surface area (Å²) in [6.45, 7) is 9.00. The van der Waals surface area contributed by atoms with Crippen LogP contribution in [0.2, 0.25) is 0 Å². The number of carbonyl (C=O) groups is 1. The van der Waals surface area contributed by atoms with Gasteiger partial charge in [0.15, 0.2) is 0 Å². The molecule has 1 aliphatic rings. The van der Waals surface area contributed by atoms with E-state index in [1.807, 2.05) is 0 Å². The first-order valence-corrected chi connectivity index (χ1v) is 9.87. The van der Waals surface area contributed by atoms with Crippen molar-refractivity contribution in [3.05, 3.63) is 0 Å². The average Bonchev–Trinajstić information content (AvgIpc) is 3.00. The van der Waals surface area contributed by atoms with Gasteiger partial charge in [0.05, 0.1) is 0 Å². The number of carbonyl (C=O) groups excluding carboxylic acids is 1. The van der Waals surface area contributed by atoms with Gasteiger partial charge in [-0.25, -0.2) is 0 Å². The van der Waals surface area contributed by atoms with Crippen LogP contribution in [0.25, 0.3) is 0 Å². The summed E-state index contributed by atoms with van der Waals surface area (Å²) in [5.41, 5.74) is 0. The summed E-state index contributed by atoms with van der Waals surface area (Å²) < 4.78 is 0. The van der Waals surface area contributed by atoms with Crippen molar-refractivity contribution < 1.29 is 4.79 Å². The molecule has 1 rings (SSSR count). The topological polar surface area (TPSA) is 20.3 Å². The molecule has 2 nitrogen and oxygen atoms in total. The lowest BCUT2D eigenvalue weighted by molar-refractivity contribution is -0.130. The van der Waals surface area contributed by atoms with Gasteiger partial charge in [0.25, 0.3) is 0 Å². The second-order valence-electron chi connectivity index (χ2n) is 7.82. The van der Waals surface area contributed by atoms with Crippen molar-refractivity contribution in [3.8, 4) is 0 Å². The Labute approximate surface area is 139 Å². The van der Waals surface area contributed by atoms with Gasteiger partial charge in [-0.3, -0.25) is 4.79 Å². The van der Waals surface area contributed by atoms with Gasteiger partial charge in [-0.15, -0.1) is 0 Å². The largest absolute Gasteiger partial charge is 0.343 e. The minimum Gasteiger partial charge on any atom is -0.343 e. The summed E-state index contributed by atoms with van der Waals surface area (Å²) in [6, 6.07) is 0. The SMILES string of the molecule is CC(C)CCCCCCCC(C)CCCC(=O)N1CCCC1. The van der Waals surface area contributed by atoms with Crippen LogP contribution in [-0.2, 0) is 4.79 Å². The van der Waals surface area contributed by atoms with Crippen LogP contribution in [0, 0.1) is 11.8 Å². The van der Waals surface area contributed by atoms with E-state index in [-0.39, 0.29) is 0 Å². The van der Waals surface area contributed by atoms with Crippen molar-refractivity contribution in [2.24, 2.45) is 11.8 Å². The molecule has 0 aromatic carbocycles. The van der Waals surface area contributed by atoms with Gasteiger partial charge in [0.2, 0.25) is 5.91 Å². The normalized spacial score (nSPS) is 16.5. The summed E-state index contributed by atoms with van der Waals surface area (Å²) in [6.07, 6.45) is 15.3. The summed E-state index contributed by atoms with van der Waals surface area (Å²) in [5.74, 6) is 2.06. The van der Waals surface area contributed by atoms with E-state index in [1.165, 1.54) is 64.2 Å². The Bertz CT molecular complexity index is 281. The molecule has 2 heteroatoms. The molecule has 0 aliphatic carbocycles. The van der Waals surface area contributed by atoms with Crippen molar-refractivity contribution in [2.75, 3.05) is 13.1 Å². The van der Waals surface area contributed by atoms with Crippen molar-refractivity contribution in [1.29, 1.82) is 0 Å². The minimum atomic E-state index is 0.398. The van der Waals surface area contributed by atoms with E-state index in [9.17, 15) is 4.79 Å². The minimum absolute atomic E-state index is 0.398. The molecule has 1 unspecified atom stereocenters. The zero-order valence-electron chi connectivity index (χ0n) is 15.4. The van der Waals surface area contributed by atoms with Gasteiger partial charge in [-0.05, 0) is 31.1 Å². The van der Waals surface area contributed by atoms with Gasteiger partial charge in [-0.1, -0.05) is 72.1 Å². The summed E-state index contributed by atoms with van der Waals surface area (Å²) in [7, 11) is 0. The van der Waals surface area contributed by atoms with Gasteiger partial charge in [-0.2, -0.15) is 0 Å². The third kappa shape index (κ3) is 9.48. The van der Waals surface area contributed by atoms with Crippen LogP contribution < -0.4 is 0 Å². The molecule has 0 bridgehead atoms. The molecule has 0 radical (unpaired) electrons. The molecule has 0 aromatic heterocycles. The quantitative estimate of drug-likeness (QED) is 0.417. The Kier molecular flexibility index (Phi) is 10.6. The predicted octanol–water partition coefficient (Wildman–Crippen LogP) is 5.80. The van der Waals surface area contributed by atoms with Crippen LogP contribution in [0.3, 0.4) is 0 Å². The second-order valence-corrected chi connectivity index (χ2v) is 7.82. The van der Waals surface area contributed by atoms with Gasteiger partial charge < -0.3 is 4.90 Å². The molecule has 0 saturated carbocycles. The fourth-order valence-corrected chi connectivity index (χ4v) is 3.45. The van der Waals surface area contributed by atoms with Crippen LogP contribution in [-0.4, -0.2) is 23.9 Å². The molecule has 1 atom stereocenters. The molecule has 1 saturated heterocycles. The number of nitrogens with zero attached hydrogens (tertiary/aromatic N) is 1. The van der Waals surface area contributed by atoms with E-state index in [4.69, 9.17) is 0 Å². The molecule has 130 valence electrons. The highest BCUT2D eigenvalue weighted by Crippen LogP contribution is 2.18. The highest BCUT2D eigenvalue weighted by atomic mass is 16.2. The van der Waals surface area contributed by atoms with Crippen molar-refractivity contribution >= 4 is 5.91 Å². The summed E-state index contributed by atoms with van der Waals surface area (Å²) in [5, 5.41) is 0. The van der Waals surface area contributed by atoms with E-state index in [0.29, 0.717) is 5.91 Å². The number of unbranched alkanes of at least 4 members (excludes halogenated alkanes) is 4. The summed E-state index contributed by atoms with van der Waals surface area (Å²) in [4.78, 5) is 14.0. The van der Waals surface area contributed by atoms with E-state index in [1.54, 1.807) is 0 Å². The molecule has 1 fully saturated rings. The standard InChI is InChI=1S/C20H39NO/c1-18(2)12-7-5-4-6-8-13-19(3)14-11-15-20(22)21-16-9-10-17-21/h18-19H,4-17H2,1-3H3. The van der Waals surface area contributed by atoms with Gasteiger partial charge in [0, 0.05) is 19.5 Å². The molecule has 0 N–H and O–H groups in total. The third-order valence-corrected chi connectivity index (χ3v) is 5.02. The maximum atomic E-state index is 12.0. The van der Waals surface area contributed by atoms with Crippen molar-refractivity contribution in [3.63, 3.8) is 0 Å². The third-order valence-electron chi connectivity index (χ3n) is 5.02. The van der Waals surface area contributed by atoms with E-state index < -0.39 is 0 Å². The summed E-state index contributed by atoms with van der Waals surface area (Å²) >= 11 is 0. The van der Waals surface area contributed by atoms with E-state index >= 15 is 0 Å². The fraction of sp³-hybridized carbons (Fsp3) is 0.950. The Morgan fingerprint density at radius 2 is 1.36 bits per heavy atom. The first-order valence-electron chi connectivity index (χ1n) is 9.87. The van der Waals surface area contributed by atoms with Crippen molar-refractivity contribution in [2.45, 2.75) is 97.8 Å². The van der Waals surface area contributed by atoms with Gasteiger partial charge in [0.1, 0.15) is 0 Å². The number of hydrogen-bond acceptors (Lipinski definition) is 1. The molecular formula is C20H39NO. The Morgan fingerprint density at radius 1 is 0.818 bits per heavy atom. The zero-order valence-corrected chi connectivity index (χ0v) is 15.4. The first kappa shape index (κ1) is 19.5. The fourth-order valence-electron chi connectivity index (χ4n) is 3.45. The molecular weight excluding hydrogens is 270 g/mol. The predicted molar refractivity (Wildman–Crippen MR) is 96.0 cm³/mol. The Balaban J connectivity index is 1.88. The molecule has 1 heterocycles. The molecule has 0 spiro atoms. The molecule has 22 heavy (non-hydrogen) atoms. The molecule has 0 aromatic rings. The van der Waals surface area contributed by atoms with Gasteiger partial charge >= 0.3 is 0 Å². The maximum absolute atomic E-state index is 12.0. The average molecular weight is 310 g/mol. The zero-order chi connectivity index (χ0) is 16.2. The second kappa shape index (κ2) is 12.0. The number of hydrogen-bond donors (Lipinski definition) is 0. The van der Waals surface area contributed by atoms with E-state index in [0.717, 1.165) is 37.8 Å². The Hall–Kier alpha value is -0.530. The Morgan fingerprint density at radius 3 is 2.00 bits per heavy atom. The lowest BCUT2D eigenvalue weighted by Gasteiger charge is -2.16. The van der Waals surface area contributed by atoms with Crippen LogP contribution in [0.5, 0.6) is 0 Å². The highest BCUT2D eigenvalue weighted by molar-refractivity contribution is 5.76. The van der Waals surface area contributed by atoms with Crippen LogP contribution in [0.1, 0.15) is 97.8 Å². The lowest BCUT2D eigenvalue weighted by Crippen LogP contribution is -2.27. The maximum Gasteiger partial charge on any atom is 0.222 e. The number of rotatable bonds is 12. The lowest BCUT2D eigenvalue weighted by atomic mass is 9.96. The van der Waals surface area contributed by atoms with Crippen LogP contribution in [0.15, 0.2) is 0 Å². The monoisotopic (exact) mass is 309 g/mol. The van der Waals surface area contributed by atoms with Crippen LogP contribution in [0.4, 0.5) is 0 Å². The highest BCUT2D eigenvalue weighted by Gasteiger charge is 2.17. The first-order chi connectivity index (χ1) is 10.6. The number of amides is 1.